The molecule has 0 aliphatic rings. The molecule has 1 unspecified atom stereocenters. The van der Waals surface area contributed by atoms with E-state index in [1.54, 1.807) is 30.5 Å². The van der Waals surface area contributed by atoms with Crippen LogP contribution in [0.15, 0.2) is 30.5 Å². The number of benzene rings is 1. The van der Waals surface area contributed by atoms with E-state index < -0.39 is 11.5 Å². The monoisotopic (exact) mass is 365 g/mol. The lowest BCUT2D eigenvalue weighted by atomic mass is 9.87. The number of aliphatic hydroxyl groups excluding tert-OH is 1. The molecule has 0 spiro atoms. The molecule has 2 rings (SSSR count). The third-order valence-corrected chi connectivity index (χ3v) is 4.75. The highest BCUT2D eigenvalue weighted by atomic mass is 35.5. The summed E-state index contributed by atoms with van der Waals surface area (Å²) in [7, 11) is 0. The minimum Gasteiger partial charge on any atom is -0.479 e. The van der Waals surface area contributed by atoms with Crippen LogP contribution in [0.3, 0.4) is 0 Å². The number of fused-ring (bicyclic) bond motifs is 1. The van der Waals surface area contributed by atoms with Crippen LogP contribution >= 0.6 is 11.6 Å². The van der Waals surface area contributed by atoms with Crippen molar-refractivity contribution in [1.29, 1.82) is 0 Å². The van der Waals surface area contributed by atoms with Gasteiger partial charge in [-0.25, -0.2) is 10.6 Å². The first-order chi connectivity index (χ1) is 12.0. The normalized spacial score (nSPS) is 13.6. The van der Waals surface area contributed by atoms with Crippen LogP contribution in [0.25, 0.3) is 10.9 Å². The zero-order chi connectivity index (χ0) is 18.4. The molecule has 0 radical (unpaired) electrons. The molecule has 136 valence electrons. The highest BCUT2D eigenvalue weighted by Crippen LogP contribution is 2.34. The van der Waals surface area contributed by atoms with Gasteiger partial charge in [-0.05, 0) is 30.7 Å². The number of aliphatic carboxylic acids is 1. The van der Waals surface area contributed by atoms with E-state index in [1.807, 2.05) is 0 Å². The molecule has 1 aromatic heterocycles. The van der Waals surface area contributed by atoms with Gasteiger partial charge < -0.3 is 10.2 Å². The van der Waals surface area contributed by atoms with Crippen molar-refractivity contribution in [3.63, 3.8) is 0 Å². The number of carbonyl (C=O) groups is 1. The van der Waals surface area contributed by atoms with Gasteiger partial charge in [-0.1, -0.05) is 37.8 Å². The zero-order valence-electron chi connectivity index (χ0n) is 14.3. The van der Waals surface area contributed by atoms with Crippen molar-refractivity contribution < 1.29 is 15.0 Å². The fourth-order valence-corrected chi connectivity index (χ4v) is 3.25. The summed E-state index contributed by atoms with van der Waals surface area (Å²) >= 11 is 6.01. The Kier molecular flexibility index (Phi) is 6.58. The zero-order valence-corrected chi connectivity index (χ0v) is 15.0. The van der Waals surface area contributed by atoms with Crippen LogP contribution in [0.4, 0.5) is 5.69 Å². The van der Waals surface area contributed by atoms with Crippen molar-refractivity contribution in [3.8, 4) is 0 Å². The Labute approximate surface area is 152 Å². The number of unbranched alkanes of at least 4 members (excludes halogenated alkanes) is 2. The number of aliphatic hydroxyl groups is 1. The van der Waals surface area contributed by atoms with Crippen LogP contribution in [0.2, 0.25) is 5.02 Å². The summed E-state index contributed by atoms with van der Waals surface area (Å²) in [5.41, 5.74) is -0.191. The van der Waals surface area contributed by atoms with E-state index in [0.29, 0.717) is 34.5 Å². The second kappa shape index (κ2) is 8.47. The standard InChI is InChI=1S/C18H24ClN3O3/c1-2-3-4-8-18(9-11-23,17(24)25)22(20)16-7-10-21-15-12-13(19)5-6-14(15)16/h5-7,10,12,23H,2-4,8-9,11,20H2,1H3,(H,24,25). The number of hydrogen-bond acceptors (Lipinski definition) is 5. The number of halogens is 1. The first kappa shape index (κ1) is 19.4. The maximum Gasteiger partial charge on any atom is 0.331 e. The van der Waals surface area contributed by atoms with Crippen LogP contribution in [0.5, 0.6) is 0 Å². The molecule has 6 nitrogen and oxygen atoms in total. The third-order valence-electron chi connectivity index (χ3n) is 4.52. The van der Waals surface area contributed by atoms with E-state index in [1.165, 1.54) is 5.01 Å². The van der Waals surface area contributed by atoms with Gasteiger partial charge in [-0.2, -0.15) is 0 Å². The van der Waals surface area contributed by atoms with E-state index in [-0.39, 0.29) is 13.0 Å². The predicted molar refractivity (Wildman–Crippen MR) is 99.6 cm³/mol. The molecule has 0 bridgehead atoms. The van der Waals surface area contributed by atoms with Crippen molar-refractivity contribution >= 4 is 34.2 Å². The fourth-order valence-electron chi connectivity index (χ4n) is 3.08. The molecular weight excluding hydrogens is 342 g/mol. The van der Waals surface area contributed by atoms with Crippen molar-refractivity contribution in [1.82, 2.24) is 4.98 Å². The van der Waals surface area contributed by atoms with Gasteiger partial charge in [0.15, 0.2) is 5.54 Å². The van der Waals surface area contributed by atoms with Crippen molar-refractivity contribution in [3.05, 3.63) is 35.5 Å². The molecule has 0 saturated heterocycles. The lowest BCUT2D eigenvalue weighted by molar-refractivity contribution is -0.144. The van der Waals surface area contributed by atoms with Gasteiger partial charge in [0.25, 0.3) is 0 Å². The number of hydrogen-bond donors (Lipinski definition) is 3. The Bertz CT molecular complexity index is 741. The van der Waals surface area contributed by atoms with E-state index in [0.717, 1.165) is 12.8 Å². The fraction of sp³-hybridized carbons (Fsp3) is 0.444. The predicted octanol–water partition coefficient (Wildman–Crippen LogP) is 3.35. The topological polar surface area (TPSA) is 99.7 Å². The molecular formula is C18H24ClN3O3. The summed E-state index contributed by atoms with van der Waals surface area (Å²) in [6, 6.07) is 6.89. The molecule has 0 amide bonds. The maximum absolute atomic E-state index is 12.1. The van der Waals surface area contributed by atoms with Gasteiger partial charge in [0.2, 0.25) is 0 Å². The number of nitrogens with zero attached hydrogens (tertiary/aromatic N) is 2. The smallest absolute Gasteiger partial charge is 0.331 e. The number of carboxylic acid groups (broad SMARTS) is 1. The molecule has 1 atom stereocenters. The first-order valence-electron chi connectivity index (χ1n) is 8.39. The van der Waals surface area contributed by atoms with Crippen LogP contribution in [0, 0.1) is 0 Å². The molecule has 0 fully saturated rings. The number of anilines is 1. The van der Waals surface area contributed by atoms with Crippen LogP contribution < -0.4 is 10.9 Å². The molecule has 0 saturated carbocycles. The quantitative estimate of drug-likeness (QED) is 0.358. The average molecular weight is 366 g/mol. The Hall–Kier alpha value is -1.89. The summed E-state index contributed by atoms with van der Waals surface area (Å²) in [4.78, 5) is 16.4. The first-order valence-corrected chi connectivity index (χ1v) is 8.77. The van der Waals surface area contributed by atoms with Gasteiger partial charge in [0.1, 0.15) is 0 Å². The highest BCUT2D eigenvalue weighted by molar-refractivity contribution is 6.31. The number of pyridine rings is 1. The van der Waals surface area contributed by atoms with E-state index in [2.05, 4.69) is 11.9 Å². The van der Waals surface area contributed by atoms with Gasteiger partial charge in [0.05, 0.1) is 11.2 Å². The van der Waals surface area contributed by atoms with Crippen LogP contribution in [0.1, 0.15) is 39.0 Å². The van der Waals surface area contributed by atoms with Gasteiger partial charge >= 0.3 is 5.97 Å². The number of aromatic nitrogens is 1. The SMILES string of the molecule is CCCCCC(CCO)(C(=O)O)N(N)c1ccnc2cc(Cl)ccc12. The Morgan fingerprint density at radius 3 is 2.72 bits per heavy atom. The Balaban J connectivity index is 2.51. The largest absolute Gasteiger partial charge is 0.479 e. The summed E-state index contributed by atoms with van der Waals surface area (Å²) in [5, 5.41) is 21.9. The van der Waals surface area contributed by atoms with Gasteiger partial charge in [0, 0.05) is 29.6 Å². The highest BCUT2D eigenvalue weighted by Gasteiger charge is 2.43. The lowest BCUT2D eigenvalue weighted by Crippen LogP contribution is -2.59. The second-order valence-electron chi connectivity index (χ2n) is 6.13. The van der Waals surface area contributed by atoms with Gasteiger partial charge in [-0.15, -0.1) is 0 Å². The van der Waals surface area contributed by atoms with E-state index in [4.69, 9.17) is 17.4 Å². The Morgan fingerprint density at radius 1 is 1.32 bits per heavy atom. The summed E-state index contributed by atoms with van der Waals surface area (Å²) in [6.45, 7) is 1.79. The molecule has 2 aromatic rings. The van der Waals surface area contributed by atoms with E-state index in [9.17, 15) is 15.0 Å². The Morgan fingerprint density at radius 2 is 2.08 bits per heavy atom. The summed E-state index contributed by atoms with van der Waals surface area (Å²) < 4.78 is 0. The summed E-state index contributed by atoms with van der Waals surface area (Å²) in [5.74, 6) is 5.29. The molecule has 1 aromatic carbocycles. The molecule has 4 N–H and O–H groups in total. The lowest BCUT2D eigenvalue weighted by Gasteiger charge is -2.39. The summed E-state index contributed by atoms with van der Waals surface area (Å²) in [6.07, 6.45) is 4.55. The van der Waals surface area contributed by atoms with Crippen molar-refractivity contribution in [2.75, 3.05) is 11.6 Å². The third kappa shape index (κ3) is 4.03. The average Bonchev–Trinajstić information content (AvgIpc) is 2.59. The maximum atomic E-state index is 12.1. The molecule has 0 aliphatic heterocycles. The number of hydrazine groups is 1. The van der Waals surface area contributed by atoms with E-state index >= 15 is 0 Å². The minimum atomic E-state index is -1.38. The number of rotatable bonds is 9. The molecule has 0 aliphatic carbocycles. The van der Waals surface area contributed by atoms with Crippen molar-refractivity contribution in [2.24, 2.45) is 5.84 Å². The number of nitrogens with two attached hydrogens (primary N) is 1. The molecule has 7 heteroatoms. The minimum absolute atomic E-state index is 0.0416. The van der Waals surface area contributed by atoms with Crippen molar-refractivity contribution in [2.45, 2.75) is 44.6 Å². The van der Waals surface area contributed by atoms with Gasteiger partial charge in [-0.3, -0.25) is 9.99 Å². The molecule has 25 heavy (non-hydrogen) atoms. The van der Waals surface area contributed by atoms with Crippen LogP contribution in [-0.2, 0) is 4.79 Å². The van der Waals surface area contributed by atoms with Crippen LogP contribution in [-0.4, -0.2) is 33.3 Å². The second-order valence-corrected chi connectivity index (χ2v) is 6.57. The number of carboxylic acids is 1. The molecule has 1 heterocycles.